The van der Waals surface area contributed by atoms with Gasteiger partial charge in [-0.3, -0.25) is 4.79 Å². The first kappa shape index (κ1) is 34.0. The molecule has 6 nitrogen and oxygen atoms in total. The van der Waals surface area contributed by atoms with E-state index in [2.05, 4.69) is 122 Å². The van der Waals surface area contributed by atoms with Crippen LogP contribution in [-0.4, -0.2) is 31.3 Å². The number of nitrogens with one attached hydrogen (secondary N) is 1. The van der Waals surface area contributed by atoms with E-state index >= 15 is 0 Å². The minimum Gasteiger partial charge on any atom is -0.493 e. The number of halogens is 2. The second kappa shape index (κ2) is 14.9. The summed E-state index contributed by atoms with van der Waals surface area (Å²) >= 11 is 7.10. The fraction of sp³-hybridized carbons (Fsp3) is 0.190. The maximum absolute atomic E-state index is 13.3. The van der Waals surface area contributed by atoms with Gasteiger partial charge in [0, 0.05) is 35.1 Å². The third kappa shape index (κ3) is 7.21. The Balaban J connectivity index is 1.11. The zero-order valence-electron chi connectivity index (χ0n) is 27.9. The van der Waals surface area contributed by atoms with Crippen LogP contribution in [0.5, 0.6) is 11.5 Å². The summed E-state index contributed by atoms with van der Waals surface area (Å²) in [5.74, 6) is 1.68. The molecule has 0 aliphatic carbocycles. The van der Waals surface area contributed by atoms with Crippen molar-refractivity contribution in [2.24, 2.45) is 4.99 Å². The molecule has 1 amide bonds. The molecule has 1 fully saturated rings. The van der Waals surface area contributed by atoms with Crippen molar-refractivity contribution < 1.29 is 14.3 Å². The van der Waals surface area contributed by atoms with E-state index in [9.17, 15) is 4.79 Å². The predicted molar refractivity (Wildman–Crippen MR) is 219 cm³/mol. The van der Waals surface area contributed by atoms with Crippen molar-refractivity contribution in [3.05, 3.63) is 156 Å². The fourth-order valence-corrected chi connectivity index (χ4v) is 9.24. The van der Waals surface area contributed by atoms with Crippen molar-refractivity contribution >= 4 is 78.8 Å². The Labute approximate surface area is 324 Å². The summed E-state index contributed by atoms with van der Waals surface area (Å²) in [7, 11) is 1.63. The normalized spacial score (nSPS) is 19.6. The lowest BCUT2D eigenvalue weighted by atomic mass is 9.76. The average molecular weight is 869 g/mol. The lowest BCUT2D eigenvalue weighted by Gasteiger charge is -2.43. The molecule has 2 atom stereocenters. The fourth-order valence-electron chi connectivity index (χ4n) is 7.35. The summed E-state index contributed by atoms with van der Waals surface area (Å²) in [6, 6.07) is 38.1. The van der Waals surface area contributed by atoms with Crippen molar-refractivity contribution in [3.63, 3.8) is 0 Å². The van der Waals surface area contributed by atoms with Crippen molar-refractivity contribution in [3.8, 4) is 11.5 Å². The Morgan fingerprint density at radius 2 is 1.53 bits per heavy atom. The van der Waals surface area contributed by atoms with Gasteiger partial charge in [0.1, 0.15) is 6.61 Å². The zero-order chi connectivity index (χ0) is 34.9. The lowest BCUT2D eigenvalue weighted by molar-refractivity contribution is -0.115. The van der Waals surface area contributed by atoms with Gasteiger partial charge in [-0.2, -0.15) is 0 Å². The molecular formula is C42H35BrIN3O3S. The molecule has 1 saturated heterocycles. The largest absolute Gasteiger partial charge is 0.493 e. The van der Waals surface area contributed by atoms with E-state index in [1.54, 1.807) is 7.11 Å². The van der Waals surface area contributed by atoms with Crippen LogP contribution in [0.4, 0.5) is 11.4 Å². The Kier molecular flexibility index (Phi) is 9.94. The number of ether oxygens (including phenoxy) is 2. The molecule has 51 heavy (non-hydrogen) atoms. The van der Waals surface area contributed by atoms with Gasteiger partial charge in [0.25, 0.3) is 5.91 Å². The Morgan fingerprint density at radius 1 is 0.902 bits per heavy atom. The van der Waals surface area contributed by atoms with E-state index in [4.69, 9.17) is 14.5 Å². The van der Waals surface area contributed by atoms with Gasteiger partial charge in [0.2, 0.25) is 0 Å². The summed E-state index contributed by atoms with van der Waals surface area (Å²) in [6.07, 6.45) is 4.00. The maximum atomic E-state index is 13.3. The molecule has 8 rings (SSSR count). The van der Waals surface area contributed by atoms with Gasteiger partial charge in [-0.25, -0.2) is 4.99 Å². The zero-order valence-corrected chi connectivity index (χ0v) is 32.5. The molecule has 0 unspecified atom stereocenters. The first-order valence-electron chi connectivity index (χ1n) is 17.0. The summed E-state index contributed by atoms with van der Waals surface area (Å²) in [5, 5.41) is 3.60. The van der Waals surface area contributed by atoms with E-state index in [1.165, 1.54) is 39.7 Å². The molecule has 5 aromatic rings. The van der Waals surface area contributed by atoms with Gasteiger partial charge in [-0.15, -0.1) is 0 Å². The van der Waals surface area contributed by atoms with Gasteiger partial charge in [0.15, 0.2) is 16.7 Å². The monoisotopic (exact) mass is 867 g/mol. The number of carbonyl (C=O) groups is 1. The third-order valence-electron chi connectivity index (χ3n) is 9.73. The van der Waals surface area contributed by atoms with Gasteiger partial charge in [-0.05, 0) is 123 Å². The smallest absolute Gasteiger partial charge is 0.264 e. The number of amides is 1. The number of anilines is 1. The van der Waals surface area contributed by atoms with Crippen LogP contribution in [0, 0.1) is 3.57 Å². The van der Waals surface area contributed by atoms with Crippen LogP contribution in [0.15, 0.2) is 124 Å². The first-order chi connectivity index (χ1) is 24.9. The van der Waals surface area contributed by atoms with Gasteiger partial charge >= 0.3 is 0 Å². The van der Waals surface area contributed by atoms with E-state index in [-0.39, 0.29) is 17.7 Å². The molecular weight excluding hydrogens is 833 g/mol. The number of benzene rings is 5. The van der Waals surface area contributed by atoms with Crippen molar-refractivity contribution in [1.82, 2.24) is 5.32 Å². The standard InChI is InChI=1S/C42H35BrIN3O3S/c1-49-37-21-27(20-36(44)40(37)50-25-26-12-14-30(43)15-13-26)22-38-41(48)46-42(51-38)45-31-23-34-32(28-8-4-2-5-9-28)16-18-47-19-17-33(35(24-31)39(34)47)29-10-6-3-7-11-29/h2-15,20-24,32-33H,16-19,25H2,1H3,(H,45,46,48)/b38-22-/t32-,33-/m1/s1. The quantitative estimate of drug-likeness (QED) is 0.124. The molecule has 0 spiro atoms. The third-order valence-corrected chi connectivity index (χ3v) is 12.0. The summed E-state index contributed by atoms with van der Waals surface area (Å²) < 4.78 is 13.8. The molecule has 5 aromatic carbocycles. The first-order valence-corrected chi connectivity index (χ1v) is 19.7. The van der Waals surface area contributed by atoms with Crippen LogP contribution < -0.4 is 19.7 Å². The van der Waals surface area contributed by atoms with Crippen LogP contribution in [0.1, 0.15) is 58.1 Å². The SMILES string of the molecule is COc1cc(/C=C2\SC(=Nc3cc4c5c(c3)[C@@H](c3ccccc3)CCN5CC[C@@H]4c3ccccc3)NC2=O)cc(I)c1OCc1ccc(Br)cc1. The summed E-state index contributed by atoms with van der Waals surface area (Å²) in [5.41, 5.74) is 9.42. The highest BCUT2D eigenvalue weighted by molar-refractivity contribution is 14.1. The molecule has 0 radical (unpaired) electrons. The number of amidine groups is 1. The van der Waals surface area contributed by atoms with Gasteiger partial charge in [-0.1, -0.05) is 88.7 Å². The molecule has 3 heterocycles. The molecule has 0 bridgehead atoms. The van der Waals surface area contributed by atoms with Crippen LogP contribution in [0.2, 0.25) is 0 Å². The highest BCUT2D eigenvalue weighted by Gasteiger charge is 2.35. The molecule has 9 heteroatoms. The maximum Gasteiger partial charge on any atom is 0.264 e. The molecule has 3 aliphatic rings. The molecule has 256 valence electrons. The number of thioether (sulfide) groups is 1. The predicted octanol–water partition coefficient (Wildman–Crippen LogP) is 10.4. The number of rotatable bonds is 8. The topological polar surface area (TPSA) is 63.2 Å². The van der Waals surface area contributed by atoms with E-state index in [1.807, 2.05) is 42.5 Å². The lowest BCUT2D eigenvalue weighted by Crippen LogP contribution is -2.37. The second-order valence-corrected chi connectivity index (χ2v) is 16.0. The van der Waals surface area contributed by atoms with Gasteiger partial charge in [0.05, 0.1) is 21.3 Å². The summed E-state index contributed by atoms with van der Waals surface area (Å²) in [6.45, 7) is 2.49. The Morgan fingerprint density at radius 3 is 2.14 bits per heavy atom. The van der Waals surface area contributed by atoms with E-state index in [0.29, 0.717) is 28.2 Å². The van der Waals surface area contributed by atoms with Crippen LogP contribution in [0.25, 0.3) is 6.08 Å². The second-order valence-electron chi connectivity index (χ2n) is 12.9. The average Bonchev–Trinajstić information content (AvgIpc) is 3.49. The van der Waals surface area contributed by atoms with Gasteiger partial charge < -0.3 is 19.7 Å². The minimum atomic E-state index is -0.168. The number of aliphatic imine (C=N–C) groups is 1. The van der Waals surface area contributed by atoms with Crippen molar-refractivity contribution in [2.45, 2.75) is 31.3 Å². The van der Waals surface area contributed by atoms with Crippen molar-refractivity contribution in [2.75, 3.05) is 25.1 Å². The highest BCUT2D eigenvalue weighted by atomic mass is 127. The Hall–Kier alpha value is -4.06. The Bertz CT molecular complexity index is 2090. The van der Waals surface area contributed by atoms with Crippen LogP contribution in [0.3, 0.4) is 0 Å². The number of hydrogen-bond acceptors (Lipinski definition) is 6. The van der Waals surface area contributed by atoms with Crippen LogP contribution >= 0.6 is 50.3 Å². The van der Waals surface area contributed by atoms with E-state index < -0.39 is 0 Å². The number of methoxy groups -OCH3 is 1. The number of carbonyl (C=O) groups excluding carboxylic acids is 1. The molecule has 0 aromatic heterocycles. The molecule has 3 aliphatic heterocycles. The highest BCUT2D eigenvalue weighted by Crippen LogP contribution is 2.50. The summed E-state index contributed by atoms with van der Waals surface area (Å²) in [4.78, 5) is 21.5. The molecule has 1 N–H and O–H groups in total. The number of hydrogen-bond donors (Lipinski definition) is 1. The van der Waals surface area contributed by atoms with E-state index in [0.717, 1.165) is 50.8 Å². The minimum absolute atomic E-state index is 0.168. The van der Waals surface area contributed by atoms with Crippen LogP contribution in [-0.2, 0) is 11.4 Å². The molecule has 0 saturated carbocycles. The van der Waals surface area contributed by atoms with Crippen molar-refractivity contribution in [1.29, 1.82) is 0 Å². The number of nitrogens with zero attached hydrogens (tertiary/aromatic N) is 2.